The number of carbonyl (C=O) groups is 1. The van der Waals surface area contributed by atoms with Gasteiger partial charge < -0.3 is 4.74 Å². The van der Waals surface area contributed by atoms with E-state index < -0.39 is 4.92 Å². The Labute approximate surface area is 144 Å². The largest absolute Gasteiger partial charge is 0.497 e. The molecule has 7 nitrogen and oxygen atoms in total. The number of non-ortho nitro benzene ring substituents is 1. The second-order valence-corrected chi connectivity index (χ2v) is 5.71. The quantitative estimate of drug-likeness (QED) is 0.632. The predicted molar refractivity (Wildman–Crippen MR) is 92.5 cm³/mol. The highest BCUT2D eigenvalue weighted by Crippen LogP contribution is 2.34. The second kappa shape index (κ2) is 6.72. The van der Waals surface area contributed by atoms with Crippen molar-refractivity contribution in [1.82, 2.24) is 5.01 Å². The Morgan fingerprint density at radius 2 is 2.04 bits per heavy atom. The number of rotatable bonds is 4. The number of nitrogens with zero attached hydrogens (tertiary/aromatic N) is 3. The van der Waals surface area contributed by atoms with Crippen molar-refractivity contribution in [3.8, 4) is 5.75 Å². The van der Waals surface area contributed by atoms with Crippen LogP contribution in [0.5, 0.6) is 5.75 Å². The summed E-state index contributed by atoms with van der Waals surface area (Å²) in [6.45, 7) is 1.43. The third kappa shape index (κ3) is 3.35. The molecule has 25 heavy (non-hydrogen) atoms. The van der Waals surface area contributed by atoms with Gasteiger partial charge in [0.1, 0.15) is 5.75 Å². The molecule has 1 atom stereocenters. The van der Waals surface area contributed by atoms with Crippen LogP contribution < -0.4 is 4.74 Å². The molecule has 0 bridgehead atoms. The minimum Gasteiger partial charge on any atom is -0.497 e. The first kappa shape index (κ1) is 16.6. The zero-order valence-corrected chi connectivity index (χ0v) is 13.9. The summed E-state index contributed by atoms with van der Waals surface area (Å²) in [6.07, 6.45) is 0.480. The molecule has 1 amide bonds. The van der Waals surface area contributed by atoms with E-state index in [4.69, 9.17) is 4.74 Å². The summed E-state index contributed by atoms with van der Waals surface area (Å²) in [6, 6.07) is 13.4. The Bertz CT molecular complexity index is 863. The van der Waals surface area contributed by atoms with Gasteiger partial charge in [-0.1, -0.05) is 24.3 Å². The molecule has 128 valence electrons. The summed E-state index contributed by atoms with van der Waals surface area (Å²) in [4.78, 5) is 22.6. The van der Waals surface area contributed by atoms with Crippen LogP contribution in [0.4, 0.5) is 5.69 Å². The number of carbonyl (C=O) groups excluding carboxylic acids is 1. The van der Waals surface area contributed by atoms with Gasteiger partial charge in [-0.3, -0.25) is 14.9 Å². The Morgan fingerprint density at radius 3 is 2.72 bits per heavy atom. The summed E-state index contributed by atoms with van der Waals surface area (Å²) >= 11 is 0. The molecule has 0 radical (unpaired) electrons. The van der Waals surface area contributed by atoms with Crippen LogP contribution in [0.15, 0.2) is 53.6 Å². The first-order valence-electron chi connectivity index (χ1n) is 7.75. The number of hydrogen-bond acceptors (Lipinski definition) is 5. The van der Waals surface area contributed by atoms with Crippen LogP contribution >= 0.6 is 0 Å². The van der Waals surface area contributed by atoms with E-state index in [-0.39, 0.29) is 17.6 Å². The van der Waals surface area contributed by atoms with Crippen LogP contribution in [0, 0.1) is 10.1 Å². The Morgan fingerprint density at radius 1 is 1.28 bits per heavy atom. The molecule has 0 saturated carbocycles. The van der Waals surface area contributed by atoms with Gasteiger partial charge in [0.05, 0.1) is 23.8 Å². The molecule has 0 fully saturated rings. The predicted octanol–water partition coefficient (Wildman–Crippen LogP) is 3.30. The standard InChI is InChI=1S/C18H17N3O4/c1-12(22)20-18(14-6-3-7-15(9-14)21(23)24)11-17(19-20)13-5-4-8-16(10-13)25-2/h3-10,18H,11H2,1-2H3. The number of nitro groups is 1. The first-order chi connectivity index (χ1) is 12.0. The average molecular weight is 339 g/mol. The van der Waals surface area contributed by atoms with Gasteiger partial charge in [0.25, 0.3) is 5.69 Å². The number of benzene rings is 2. The normalized spacial score (nSPS) is 16.5. The maximum absolute atomic E-state index is 12.0. The monoisotopic (exact) mass is 339 g/mol. The minimum absolute atomic E-state index is 0.00386. The molecule has 1 aliphatic rings. The molecule has 0 aliphatic carbocycles. The van der Waals surface area contributed by atoms with E-state index in [1.165, 1.54) is 24.1 Å². The summed E-state index contributed by atoms with van der Waals surface area (Å²) < 4.78 is 5.23. The summed E-state index contributed by atoms with van der Waals surface area (Å²) in [5, 5.41) is 16.8. The molecule has 7 heteroatoms. The van der Waals surface area contributed by atoms with Gasteiger partial charge in [-0.05, 0) is 17.7 Å². The highest BCUT2D eigenvalue weighted by atomic mass is 16.6. The van der Waals surface area contributed by atoms with Crippen molar-refractivity contribution in [3.05, 3.63) is 69.8 Å². The molecular formula is C18H17N3O4. The number of amides is 1. The van der Waals surface area contributed by atoms with Crippen molar-refractivity contribution in [2.75, 3.05) is 7.11 Å². The smallest absolute Gasteiger partial charge is 0.269 e. The Hall–Kier alpha value is -3.22. The Kier molecular flexibility index (Phi) is 4.47. The van der Waals surface area contributed by atoms with Crippen LogP contribution in [0.2, 0.25) is 0 Å². The molecular weight excluding hydrogens is 322 g/mol. The SMILES string of the molecule is COc1cccc(C2=NN(C(C)=O)C(c3cccc([N+](=O)[O-])c3)C2)c1. The molecule has 2 aromatic rings. The van der Waals surface area contributed by atoms with E-state index >= 15 is 0 Å². The number of hydrazone groups is 1. The third-order valence-corrected chi connectivity index (χ3v) is 4.10. The maximum Gasteiger partial charge on any atom is 0.269 e. The van der Waals surface area contributed by atoms with E-state index in [2.05, 4.69) is 5.10 Å². The van der Waals surface area contributed by atoms with Crippen LogP contribution in [0.3, 0.4) is 0 Å². The molecule has 3 rings (SSSR count). The van der Waals surface area contributed by atoms with E-state index in [9.17, 15) is 14.9 Å². The van der Waals surface area contributed by atoms with E-state index in [0.717, 1.165) is 11.3 Å². The van der Waals surface area contributed by atoms with Crippen LogP contribution in [0.25, 0.3) is 0 Å². The first-order valence-corrected chi connectivity index (χ1v) is 7.75. The number of ether oxygens (including phenoxy) is 1. The van der Waals surface area contributed by atoms with Gasteiger partial charge >= 0.3 is 0 Å². The van der Waals surface area contributed by atoms with Gasteiger partial charge in [0.15, 0.2) is 0 Å². The molecule has 1 aliphatic heterocycles. The van der Waals surface area contributed by atoms with Crippen LogP contribution in [-0.4, -0.2) is 28.7 Å². The summed E-state index contributed by atoms with van der Waals surface area (Å²) in [7, 11) is 1.59. The van der Waals surface area contributed by atoms with Crippen molar-refractivity contribution in [3.63, 3.8) is 0 Å². The lowest BCUT2D eigenvalue weighted by Gasteiger charge is -2.20. The van der Waals surface area contributed by atoms with E-state index in [1.807, 2.05) is 24.3 Å². The molecule has 0 saturated heterocycles. The number of nitro benzene ring substituents is 1. The third-order valence-electron chi connectivity index (χ3n) is 4.10. The lowest BCUT2D eigenvalue weighted by Crippen LogP contribution is -2.24. The van der Waals surface area contributed by atoms with Crippen molar-refractivity contribution in [1.29, 1.82) is 0 Å². The zero-order valence-electron chi connectivity index (χ0n) is 13.9. The highest BCUT2D eigenvalue weighted by molar-refractivity contribution is 6.03. The fourth-order valence-corrected chi connectivity index (χ4v) is 2.88. The van der Waals surface area contributed by atoms with Gasteiger partial charge in [-0.15, -0.1) is 0 Å². The summed E-state index contributed by atoms with van der Waals surface area (Å²) in [5.41, 5.74) is 2.28. The maximum atomic E-state index is 12.0. The topological polar surface area (TPSA) is 85.0 Å². The zero-order chi connectivity index (χ0) is 18.0. The molecule has 0 spiro atoms. The van der Waals surface area contributed by atoms with Gasteiger partial charge in [0.2, 0.25) is 5.91 Å². The number of methoxy groups -OCH3 is 1. The van der Waals surface area contributed by atoms with Crippen molar-refractivity contribution >= 4 is 17.3 Å². The lowest BCUT2D eigenvalue weighted by molar-refractivity contribution is -0.384. The fraction of sp³-hybridized carbons (Fsp3) is 0.222. The van der Waals surface area contributed by atoms with Crippen molar-refractivity contribution < 1.29 is 14.5 Å². The van der Waals surface area contributed by atoms with Crippen molar-refractivity contribution in [2.24, 2.45) is 5.10 Å². The fourth-order valence-electron chi connectivity index (χ4n) is 2.88. The highest BCUT2D eigenvalue weighted by Gasteiger charge is 2.32. The van der Waals surface area contributed by atoms with Gasteiger partial charge in [-0.2, -0.15) is 5.10 Å². The second-order valence-electron chi connectivity index (χ2n) is 5.71. The molecule has 0 aromatic heterocycles. The molecule has 2 aromatic carbocycles. The van der Waals surface area contributed by atoms with Gasteiger partial charge in [0, 0.05) is 31.0 Å². The molecule has 1 unspecified atom stereocenters. The minimum atomic E-state index is -0.444. The van der Waals surface area contributed by atoms with Crippen molar-refractivity contribution in [2.45, 2.75) is 19.4 Å². The Balaban J connectivity index is 1.96. The number of hydrogen-bond donors (Lipinski definition) is 0. The van der Waals surface area contributed by atoms with Gasteiger partial charge in [-0.25, -0.2) is 5.01 Å². The van der Waals surface area contributed by atoms with E-state index in [0.29, 0.717) is 17.7 Å². The van der Waals surface area contributed by atoms with E-state index in [1.54, 1.807) is 19.2 Å². The average Bonchev–Trinajstić information content (AvgIpc) is 3.07. The van der Waals surface area contributed by atoms with Crippen LogP contribution in [-0.2, 0) is 4.79 Å². The van der Waals surface area contributed by atoms with Crippen LogP contribution in [0.1, 0.15) is 30.5 Å². The summed E-state index contributed by atoms with van der Waals surface area (Å²) in [5.74, 6) is 0.489. The lowest BCUT2D eigenvalue weighted by atomic mass is 9.98. The molecule has 1 heterocycles. The molecule has 0 N–H and O–H groups in total.